The lowest BCUT2D eigenvalue weighted by molar-refractivity contribution is 0.0833. The van der Waals surface area contributed by atoms with Crippen molar-refractivity contribution >= 4 is 16.8 Å². The van der Waals surface area contributed by atoms with Crippen LogP contribution in [0.2, 0.25) is 0 Å². The number of hydrogen-bond acceptors (Lipinski definition) is 4. The van der Waals surface area contributed by atoms with E-state index in [2.05, 4.69) is 11.1 Å². The Hall–Kier alpha value is -4.01. The molecule has 1 amide bonds. The molecular weight excluding hydrogens is 432 g/mol. The van der Waals surface area contributed by atoms with Crippen molar-refractivity contribution < 1.29 is 4.79 Å². The lowest BCUT2D eigenvalue weighted by Gasteiger charge is -2.23. The van der Waals surface area contributed by atoms with Gasteiger partial charge >= 0.3 is 0 Å². The summed E-state index contributed by atoms with van der Waals surface area (Å²) in [5.41, 5.74) is 5.16. The summed E-state index contributed by atoms with van der Waals surface area (Å²) >= 11 is 0. The van der Waals surface area contributed by atoms with Crippen molar-refractivity contribution in [3.63, 3.8) is 0 Å². The summed E-state index contributed by atoms with van der Waals surface area (Å²) in [4.78, 5) is 22.8. The molecule has 0 saturated carbocycles. The molecule has 1 aromatic heterocycles. The highest BCUT2D eigenvalue weighted by Gasteiger charge is 2.27. The van der Waals surface area contributed by atoms with Crippen LogP contribution < -0.4 is 0 Å². The molecule has 1 saturated heterocycles. The summed E-state index contributed by atoms with van der Waals surface area (Å²) in [6.45, 7) is 2.98. The summed E-state index contributed by atoms with van der Waals surface area (Å²) in [5.74, 6) is -0.256. The van der Waals surface area contributed by atoms with Gasteiger partial charge in [0.05, 0.1) is 16.8 Å². The predicted octanol–water partition coefficient (Wildman–Crippen LogP) is 5.66. The molecule has 2 heterocycles. The number of pyridine rings is 1. The van der Waals surface area contributed by atoms with E-state index >= 15 is 0 Å². The topological polar surface area (TPSA) is 60.2 Å². The van der Waals surface area contributed by atoms with Crippen LogP contribution in [0.5, 0.6) is 0 Å². The van der Waals surface area contributed by atoms with Gasteiger partial charge in [-0.3, -0.25) is 9.69 Å². The van der Waals surface area contributed by atoms with Gasteiger partial charge in [0.25, 0.3) is 5.91 Å². The van der Waals surface area contributed by atoms with E-state index in [0.717, 1.165) is 59.2 Å². The van der Waals surface area contributed by atoms with Crippen LogP contribution >= 0.6 is 0 Å². The molecule has 0 unspecified atom stereocenters. The summed E-state index contributed by atoms with van der Waals surface area (Å²) in [5, 5.41) is 10.8. The third kappa shape index (κ3) is 4.94. The Labute approximate surface area is 206 Å². The summed E-state index contributed by atoms with van der Waals surface area (Å²) in [6, 6.07) is 27.8. The van der Waals surface area contributed by atoms with Crippen molar-refractivity contribution in [1.29, 1.82) is 5.26 Å². The first kappa shape index (κ1) is 22.8. The Morgan fingerprint density at radius 1 is 0.914 bits per heavy atom. The highest BCUT2D eigenvalue weighted by Crippen LogP contribution is 2.33. The maximum Gasteiger partial charge on any atom is 0.267 e. The maximum atomic E-state index is 14.0. The van der Waals surface area contributed by atoms with Crippen molar-refractivity contribution in [2.24, 2.45) is 0 Å². The van der Waals surface area contributed by atoms with Crippen LogP contribution in [0.3, 0.4) is 0 Å². The first-order valence-corrected chi connectivity index (χ1v) is 12.2. The number of para-hydroxylation sites is 1. The van der Waals surface area contributed by atoms with Gasteiger partial charge in [-0.25, -0.2) is 9.88 Å². The second kappa shape index (κ2) is 10.5. The number of nitriles is 1. The second-order valence-electron chi connectivity index (χ2n) is 8.97. The average Bonchev–Trinajstić information content (AvgIpc) is 3.43. The maximum absolute atomic E-state index is 14.0. The van der Waals surface area contributed by atoms with E-state index in [0.29, 0.717) is 25.1 Å². The van der Waals surface area contributed by atoms with Gasteiger partial charge in [-0.15, -0.1) is 0 Å². The summed E-state index contributed by atoms with van der Waals surface area (Å²) in [6.07, 6.45) is 5.10. The quantitative estimate of drug-likeness (QED) is 0.264. The van der Waals surface area contributed by atoms with Crippen LogP contribution in [-0.2, 0) is 13.0 Å². The van der Waals surface area contributed by atoms with E-state index in [1.54, 1.807) is 0 Å². The SMILES string of the molecule is N#CN(CCc1ccccc1)C(=O)c1c(CN2CCCC2)c(-c2ccccc2)nc2ccccc12. The molecular formula is C30H28N4O. The van der Waals surface area contributed by atoms with Crippen molar-refractivity contribution in [3.8, 4) is 17.5 Å². The van der Waals surface area contributed by atoms with Crippen LogP contribution in [-0.4, -0.2) is 40.3 Å². The predicted molar refractivity (Wildman–Crippen MR) is 138 cm³/mol. The molecule has 5 heteroatoms. The van der Waals surface area contributed by atoms with Crippen molar-refractivity contribution in [2.75, 3.05) is 19.6 Å². The molecule has 1 fully saturated rings. The third-order valence-electron chi connectivity index (χ3n) is 6.67. The number of carbonyl (C=O) groups is 1. The molecule has 35 heavy (non-hydrogen) atoms. The number of hydrogen-bond donors (Lipinski definition) is 0. The molecule has 0 N–H and O–H groups in total. The van der Waals surface area contributed by atoms with Crippen molar-refractivity contribution in [2.45, 2.75) is 25.8 Å². The summed E-state index contributed by atoms with van der Waals surface area (Å²) in [7, 11) is 0. The second-order valence-corrected chi connectivity index (χ2v) is 8.97. The van der Waals surface area contributed by atoms with Gasteiger partial charge in [-0.2, -0.15) is 5.26 Å². The first-order chi connectivity index (χ1) is 17.2. The Balaban J connectivity index is 1.63. The molecule has 0 bridgehead atoms. The fraction of sp³-hybridized carbons (Fsp3) is 0.233. The van der Waals surface area contributed by atoms with Crippen LogP contribution in [0.25, 0.3) is 22.2 Å². The molecule has 3 aromatic carbocycles. The average molecular weight is 461 g/mol. The lowest BCUT2D eigenvalue weighted by Crippen LogP contribution is -2.31. The van der Waals surface area contributed by atoms with Crippen LogP contribution in [0.1, 0.15) is 34.3 Å². The highest BCUT2D eigenvalue weighted by molar-refractivity contribution is 6.09. The Bertz CT molecular complexity index is 1360. The zero-order valence-corrected chi connectivity index (χ0v) is 19.7. The number of fused-ring (bicyclic) bond motifs is 1. The van der Waals surface area contributed by atoms with Gasteiger partial charge in [-0.1, -0.05) is 78.9 Å². The van der Waals surface area contributed by atoms with E-state index in [1.165, 1.54) is 4.90 Å². The van der Waals surface area contributed by atoms with Gasteiger partial charge in [0, 0.05) is 29.6 Å². The lowest BCUT2D eigenvalue weighted by atomic mass is 9.95. The molecule has 0 aliphatic carbocycles. The van der Waals surface area contributed by atoms with Gasteiger partial charge in [0.2, 0.25) is 0 Å². The van der Waals surface area contributed by atoms with Crippen LogP contribution in [0.4, 0.5) is 0 Å². The Kier molecular flexibility index (Phi) is 6.83. The minimum atomic E-state index is -0.256. The third-order valence-corrected chi connectivity index (χ3v) is 6.67. The number of amides is 1. The molecule has 1 aliphatic rings. The van der Waals surface area contributed by atoms with E-state index in [9.17, 15) is 10.1 Å². The summed E-state index contributed by atoms with van der Waals surface area (Å²) < 4.78 is 0. The van der Waals surface area contributed by atoms with Gasteiger partial charge < -0.3 is 0 Å². The molecule has 174 valence electrons. The number of nitrogens with zero attached hydrogens (tertiary/aromatic N) is 4. The number of likely N-dealkylation sites (tertiary alicyclic amines) is 1. The number of benzene rings is 3. The smallest absolute Gasteiger partial charge is 0.267 e. The number of rotatable bonds is 7. The molecule has 4 aromatic rings. The van der Waals surface area contributed by atoms with Crippen LogP contribution in [0, 0.1) is 11.5 Å². The normalized spacial score (nSPS) is 13.6. The fourth-order valence-corrected chi connectivity index (χ4v) is 4.87. The van der Waals surface area contributed by atoms with E-state index in [4.69, 9.17) is 4.98 Å². The van der Waals surface area contributed by atoms with Crippen LogP contribution in [0.15, 0.2) is 84.9 Å². The molecule has 5 nitrogen and oxygen atoms in total. The molecule has 0 atom stereocenters. The number of aromatic nitrogens is 1. The van der Waals surface area contributed by atoms with Crippen molar-refractivity contribution in [3.05, 3.63) is 102 Å². The number of carbonyl (C=O) groups excluding carboxylic acids is 1. The van der Waals surface area contributed by atoms with Crippen molar-refractivity contribution in [1.82, 2.24) is 14.8 Å². The van der Waals surface area contributed by atoms with Gasteiger partial charge in [-0.05, 0) is 44.0 Å². The monoisotopic (exact) mass is 460 g/mol. The first-order valence-electron chi connectivity index (χ1n) is 12.2. The standard InChI is InChI=1S/C30H28N4O/c31-22-34(20-17-23-11-3-1-4-12-23)30(35)28-25-15-7-8-16-27(25)32-29(24-13-5-2-6-14-24)26(28)21-33-18-9-10-19-33/h1-8,11-16H,9-10,17-21H2. The highest BCUT2D eigenvalue weighted by atomic mass is 16.2. The largest absolute Gasteiger partial charge is 0.299 e. The van der Waals surface area contributed by atoms with E-state index in [-0.39, 0.29) is 5.91 Å². The molecule has 1 aliphatic heterocycles. The molecule has 5 rings (SSSR count). The Morgan fingerprint density at radius 3 is 2.29 bits per heavy atom. The minimum absolute atomic E-state index is 0.256. The van der Waals surface area contributed by atoms with E-state index < -0.39 is 0 Å². The van der Waals surface area contributed by atoms with Gasteiger partial charge in [0.1, 0.15) is 0 Å². The fourth-order valence-electron chi connectivity index (χ4n) is 4.87. The van der Waals surface area contributed by atoms with E-state index in [1.807, 2.05) is 84.9 Å². The zero-order chi connectivity index (χ0) is 24.0. The van der Waals surface area contributed by atoms with Gasteiger partial charge in [0.15, 0.2) is 6.19 Å². The Morgan fingerprint density at radius 2 is 1.57 bits per heavy atom. The minimum Gasteiger partial charge on any atom is -0.299 e. The molecule has 0 radical (unpaired) electrons. The zero-order valence-electron chi connectivity index (χ0n) is 19.7. The molecule has 0 spiro atoms.